The largest absolute Gasteiger partial charge is 0.481 e. The van der Waals surface area contributed by atoms with Gasteiger partial charge in [0.15, 0.2) is 0 Å². The highest BCUT2D eigenvalue weighted by Crippen LogP contribution is 2.49. The molecule has 0 unspecified atom stereocenters. The summed E-state index contributed by atoms with van der Waals surface area (Å²) in [4.78, 5) is 14.1. The van der Waals surface area contributed by atoms with Crippen LogP contribution in [0.1, 0.15) is 55.6 Å². The minimum atomic E-state index is -0.571. The second-order valence-corrected chi connectivity index (χ2v) is 7.59. The van der Waals surface area contributed by atoms with E-state index in [1.54, 1.807) is 0 Å². The summed E-state index contributed by atoms with van der Waals surface area (Å²) < 4.78 is 0. The number of nitrogens with zero attached hydrogens (tertiary/aromatic N) is 1. The Morgan fingerprint density at radius 3 is 2.55 bits per heavy atom. The van der Waals surface area contributed by atoms with E-state index in [2.05, 4.69) is 29.2 Å². The number of hydrogen-bond donors (Lipinski definition) is 1. The quantitative estimate of drug-likeness (QED) is 0.922. The second-order valence-electron chi connectivity index (χ2n) is 7.59. The fourth-order valence-corrected chi connectivity index (χ4v) is 4.76. The zero-order valence-electron chi connectivity index (χ0n) is 13.1. The van der Waals surface area contributed by atoms with E-state index < -0.39 is 11.4 Å². The van der Waals surface area contributed by atoms with Crippen molar-refractivity contribution >= 4 is 5.97 Å². The molecule has 1 saturated heterocycles. The lowest BCUT2D eigenvalue weighted by Gasteiger charge is -2.26. The van der Waals surface area contributed by atoms with Crippen LogP contribution >= 0.6 is 0 Å². The molecule has 0 aromatic heterocycles. The van der Waals surface area contributed by atoms with E-state index in [4.69, 9.17) is 0 Å². The molecule has 118 valence electrons. The van der Waals surface area contributed by atoms with Gasteiger partial charge in [0, 0.05) is 19.6 Å². The highest BCUT2D eigenvalue weighted by Gasteiger charge is 2.54. The third-order valence-electron chi connectivity index (χ3n) is 6.33. The van der Waals surface area contributed by atoms with Crippen LogP contribution in [0.25, 0.3) is 0 Å². The van der Waals surface area contributed by atoms with Crippen LogP contribution in [0, 0.1) is 11.3 Å². The Balaban J connectivity index is 1.43. The van der Waals surface area contributed by atoms with Gasteiger partial charge in [-0.3, -0.25) is 9.69 Å². The van der Waals surface area contributed by atoms with Crippen molar-refractivity contribution in [2.75, 3.05) is 13.1 Å². The SMILES string of the molecule is O=C(O)[C@@]12CCC[C@H]1CN(Cc1ccc(C3CCC3)cc1)C2. The summed E-state index contributed by atoms with van der Waals surface area (Å²) in [6, 6.07) is 9.05. The first kappa shape index (κ1) is 14.3. The molecule has 4 rings (SSSR count). The van der Waals surface area contributed by atoms with Crippen LogP contribution in [0.2, 0.25) is 0 Å². The van der Waals surface area contributed by atoms with Gasteiger partial charge in [0.25, 0.3) is 0 Å². The maximum absolute atomic E-state index is 11.7. The van der Waals surface area contributed by atoms with Gasteiger partial charge >= 0.3 is 5.97 Å². The molecule has 0 bridgehead atoms. The molecule has 2 aliphatic carbocycles. The molecule has 1 aliphatic heterocycles. The van der Waals surface area contributed by atoms with Crippen molar-refractivity contribution in [3.63, 3.8) is 0 Å². The molecule has 0 spiro atoms. The molecule has 3 aliphatic rings. The van der Waals surface area contributed by atoms with Crippen LogP contribution in [-0.2, 0) is 11.3 Å². The minimum absolute atomic E-state index is 0.360. The molecule has 3 heteroatoms. The van der Waals surface area contributed by atoms with E-state index in [9.17, 15) is 9.90 Å². The smallest absolute Gasteiger partial charge is 0.311 e. The van der Waals surface area contributed by atoms with E-state index in [1.165, 1.54) is 30.4 Å². The van der Waals surface area contributed by atoms with Crippen LogP contribution in [0.4, 0.5) is 0 Å². The zero-order chi connectivity index (χ0) is 15.2. The molecule has 0 radical (unpaired) electrons. The first-order valence-corrected chi connectivity index (χ1v) is 8.72. The number of carbonyl (C=O) groups is 1. The predicted molar refractivity (Wildman–Crippen MR) is 85.7 cm³/mol. The van der Waals surface area contributed by atoms with Crippen LogP contribution in [-0.4, -0.2) is 29.1 Å². The van der Waals surface area contributed by atoms with Gasteiger partial charge in [-0.2, -0.15) is 0 Å². The van der Waals surface area contributed by atoms with Crippen LogP contribution in [0.15, 0.2) is 24.3 Å². The van der Waals surface area contributed by atoms with Gasteiger partial charge in [-0.05, 0) is 48.6 Å². The Bertz CT molecular complexity index is 563. The van der Waals surface area contributed by atoms with Crippen LogP contribution < -0.4 is 0 Å². The minimum Gasteiger partial charge on any atom is -0.481 e. The first-order chi connectivity index (χ1) is 10.7. The average molecular weight is 299 g/mol. The van der Waals surface area contributed by atoms with Gasteiger partial charge in [0.1, 0.15) is 0 Å². The van der Waals surface area contributed by atoms with E-state index in [1.807, 2.05) is 0 Å². The van der Waals surface area contributed by atoms with Gasteiger partial charge in [-0.25, -0.2) is 0 Å². The summed E-state index contributed by atoms with van der Waals surface area (Å²) in [5.41, 5.74) is 2.35. The molecule has 1 heterocycles. The molecule has 1 N–H and O–H groups in total. The summed E-state index contributed by atoms with van der Waals surface area (Å²) in [5, 5.41) is 9.66. The van der Waals surface area contributed by atoms with Crippen molar-refractivity contribution in [2.24, 2.45) is 11.3 Å². The van der Waals surface area contributed by atoms with E-state index in [0.717, 1.165) is 44.8 Å². The summed E-state index contributed by atoms with van der Waals surface area (Å²) in [6.45, 7) is 2.59. The molecule has 0 amide bonds. The molecule has 22 heavy (non-hydrogen) atoms. The summed E-state index contributed by atoms with van der Waals surface area (Å²) in [5.74, 6) is 0.576. The highest BCUT2D eigenvalue weighted by atomic mass is 16.4. The van der Waals surface area contributed by atoms with Crippen molar-refractivity contribution < 1.29 is 9.90 Å². The highest BCUT2D eigenvalue weighted by molar-refractivity contribution is 5.76. The van der Waals surface area contributed by atoms with Crippen molar-refractivity contribution in [1.82, 2.24) is 4.90 Å². The molecular weight excluding hydrogens is 274 g/mol. The standard InChI is InChI=1S/C19H25NO2/c21-18(22)19-10-2-5-17(19)12-20(13-19)11-14-6-8-16(9-7-14)15-3-1-4-15/h6-9,15,17H,1-5,10-13H2,(H,21,22)/t17-,19+/m0/s1. The lowest BCUT2D eigenvalue weighted by atomic mass is 9.80. The Kier molecular flexibility index (Phi) is 3.48. The van der Waals surface area contributed by atoms with E-state index in [-0.39, 0.29) is 0 Å². The molecule has 1 aromatic rings. The predicted octanol–water partition coefficient (Wildman–Crippen LogP) is 3.64. The van der Waals surface area contributed by atoms with Crippen molar-refractivity contribution in [1.29, 1.82) is 0 Å². The van der Waals surface area contributed by atoms with E-state index in [0.29, 0.717) is 5.92 Å². The summed E-state index contributed by atoms with van der Waals surface area (Å²) >= 11 is 0. The Hall–Kier alpha value is -1.35. The fraction of sp³-hybridized carbons (Fsp3) is 0.632. The number of fused-ring (bicyclic) bond motifs is 1. The Morgan fingerprint density at radius 2 is 1.95 bits per heavy atom. The van der Waals surface area contributed by atoms with Crippen LogP contribution in [0.5, 0.6) is 0 Å². The van der Waals surface area contributed by atoms with Gasteiger partial charge in [0.2, 0.25) is 0 Å². The van der Waals surface area contributed by atoms with Crippen LogP contribution in [0.3, 0.4) is 0 Å². The number of likely N-dealkylation sites (tertiary alicyclic amines) is 1. The Labute approximate surface area is 132 Å². The topological polar surface area (TPSA) is 40.5 Å². The third kappa shape index (κ3) is 2.26. The van der Waals surface area contributed by atoms with Gasteiger partial charge < -0.3 is 5.11 Å². The normalized spacial score (nSPS) is 31.9. The third-order valence-corrected chi connectivity index (χ3v) is 6.33. The number of aliphatic carboxylic acids is 1. The van der Waals surface area contributed by atoms with Crippen molar-refractivity contribution in [3.05, 3.63) is 35.4 Å². The number of hydrogen-bond acceptors (Lipinski definition) is 2. The maximum Gasteiger partial charge on any atom is 0.311 e. The molecular formula is C19H25NO2. The maximum atomic E-state index is 11.7. The fourth-order valence-electron chi connectivity index (χ4n) is 4.76. The summed E-state index contributed by atoms with van der Waals surface area (Å²) in [6.07, 6.45) is 7.09. The van der Waals surface area contributed by atoms with Gasteiger partial charge in [0.05, 0.1) is 5.41 Å². The number of carboxylic acid groups (broad SMARTS) is 1. The molecule has 3 nitrogen and oxygen atoms in total. The number of benzene rings is 1. The van der Waals surface area contributed by atoms with E-state index >= 15 is 0 Å². The first-order valence-electron chi connectivity index (χ1n) is 8.72. The van der Waals surface area contributed by atoms with Crippen molar-refractivity contribution in [3.8, 4) is 0 Å². The molecule has 2 atom stereocenters. The van der Waals surface area contributed by atoms with Gasteiger partial charge in [-0.1, -0.05) is 37.1 Å². The lowest BCUT2D eigenvalue weighted by Crippen LogP contribution is -2.35. The number of rotatable bonds is 4. The van der Waals surface area contributed by atoms with Gasteiger partial charge in [-0.15, -0.1) is 0 Å². The molecule has 2 saturated carbocycles. The van der Waals surface area contributed by atoms with Crippen molar-refractivity contribution in [2.45, 2.75) is 51.0 Å². The average Bonchev–Trinajstić information content (AvgIpc) is 2.96. The zero-order valence-corrected chi connectivity index (χ0v) is 13.1. The second kappa shape index (κ2) is 5.38. The molecule has 1 aromatic carbocycles. The summed E-state index contributed by atoms with van der Waals surface area (Å²) in [7, 11) is 0. The lowest BCUT2D eigenvalue weighted by molar-refractivity contribution is -0.149. The molecule has 3 fully saturated rings. The Morgan fingerprint density at radius 1 is 1.18 bits per heavy atom. The number of carboxylic acids is 1. The monoisotopic (exact) mass is 299 g/mol.